The largest absolute Gasteiger partial charge is 0.506 e. The molecule has 4 aromatic carbocycles. The van der Waals surface area contributed by atoms with Crippen LogP contribution in [0.2, 0.25) is 0 Å². The zero-order chi connectivity index (χ0) is 19.1. The predicted octanol–water partition coefficient (Wildman–Crippen LogP) is 6.00. The molecule has 0 saturated heterocycles. The van der Waals surface area contributed by atoms with Gasteiger partial charge in [0.25, 0.3) is 0 Å². The lowest BCUT2D eigenvalue weighted by Crippen LogP contribution is -1.92. The molecule has 0 amide bonds. The first-order valence-corrected chi connectivity index (χ1v) is 9.26. The standard InChI is InChI=1S/C25H19NO2/c26-22-13-12-18(15-23(22)27)28-24-11-4-3-9-20(24)21-10-5-7-17-14-16-6-1-2-8-19(16)25(17)21/h1-13,15,27H,14,26H2. The minimum absolute atomic E-state index is 0.0181. The van der Waals surface area contributed by atoms with Crippen LogP contribution in [0.15, 0.2) is 84.9 Å². The fraction of sp³-hybridized carbons (Fsp3) is 0.0400. The van der Waals surface area contributed by atoms with Gasteiger partial charge < -0.3 is 15.6 Å². The highest BCUT2D eigenvalue weighted by Crippen LogP contribution is 2.45. The molecule has 1 aliphatic rings. The second-order valence-electron chi connectivity index (χ2n) is 6.99. The van der Waals surface area contributed by atoms with Crippen molar-refractivity contribution >= 4 is 5.69 Å². The van der Waals surface area contributed by atoms with Gasteiger partial charge in [0.1, 0.15) is 17.2 Å². The molecule has 136 valence electrons. The van der Waals surface area contributed by atoms with Crippen LogP contribution in [-0.2, 0) is 6.42 Å². The van der Waals surface area contributed by atoms with E-state index < -0.39 is 0 Å². The number of nitrogens with two attached hydrogens (primary N) is 1. The molecular formula is C25H19NO2. The second kappa shape index (κ2) is 6.46. The van der Waals surface area contributed by atoms with Crippen LogP contribution in [0.5, 0.6) is 17.2 Å². The summed E-state index contributed by atoms with van der Waals surface area (Å²) in [6.45, 7) is 0. The van der Waals surface area contributed by atoms with Crippen molar-refractivity contribution in [2.24, 2.45) is 0 Å². The molecule has 0 heterocycles. The first-order chi connectivity index (χ1) is 13.7. The zero-order valence-corrected chi connectivity index (χ0v) is 15.2. The van der Waals surface area contributed by atoms with E-state index in [0.29, 0.717) is 11.4 Å². The molecule has 0 spiro atoms. The number of phenolic OH excluding ortho intramolecular Hbond substituents is 1. The van der Waals surface area contributed by atoms with Crippen molar-refractivity contribution in [2.45, 2.75) is 6.42 Å². The topological polar surface area (TPSA) is 55.5 Å². The molecule has 0 saturated carbocycles. The maximum Gasteiger partial charge on any atom is 0.142 e. The van der Waals surface area contributed by atoms with Gasteiger partial charge in [0.2, 0.25) is 0 Å². The number of para-hydroxylation sites is 1. The summed E-state index contributed by atoms with van der Waals surface area (Å²) >= 11 is 0. The molecule has 4 aromatic rings. The van der Waals surface area contributed by atoms with Gasteiger partial charge in [-0.1, -0.05) is 60.7 Å². The summed E-state index contributed by atoms with van der Waals surface area (Å²) in [6.07, 6.45) is 0.953. The maximum atomic E-state index is 9.90. The van der Waals surface area contributed by atoms with Crippen LogP contribution >= 0.6 is 0 Å². The van der Waals surface area contributed by atoms with E-state index in [-0.39, 0.29) is 5.75 Å². The van der Waals surface area contributed by atoms with Gasteiger partial charge in [0.15, 0.2) is 0 Å². The minimum Gasteiger partial charge on any atom is -0.506 e. The number of hydrogen-bond donors (Lipinski definition) is 2. The molecule has 3 N–H and O–H groups in total. The number of fused-ring (bicyclic) bond motifs is 3. The van der Waals surface area contributed by atoms with Crippen LogP contribution in [-0.4, -0.2) is 5.11 Å². The van der Waals surface area contributed by atoms with Crippen LogP contribution in [0.25, 0.3) is 22.3 Å². The Hall–Kier alpha value is -3.72. The number of aromatic hydroxyl groups is 1. The lowest BCUT2D eigenvalue weighted by Gasteiger charge is -2.15. The summed E-state index contributed by atoms with van der Waals surface area (Å²) in [5, 5.41) is 9.90. The minimum atomic E-state index is 0.0181. The van der Waals surface area contributed by atoms with Crippen LogP contribution in [0.3, 0.4) is 0 Å². The molecule has 0 aliphatic heterocycles. The quantitative estimate of drug-likeness (QED) is 0.304. The lowest BCUT2D eigenvalue weighted by atomic mass is 9.94. The van der Waals surface area contributed by atoms with Gasteiger partial charge >= 0.3 is 0 Å². The summed E-state index contributed by atoms with van der Waals surface area (Å²) in [6, 6.07) is 27.9. The van der Waals surface area contributed by atoms with Crippen molar-refractivity contribution in [3.8, 4) is 39.5 Å². The van der Waals surface area contributed by atoms with E-state index in [9.17, 15) is 5.11 Å². The smallest absolute Gasteiger partial charge is 0.142 e. The Morgan fingerprint density at radius 2 is 1.43 bits per heavy atom. The number of rotatable bonds is 3. The molecule has 0 unspecified atom stereocenters. The fourth-order valence-corrected chi connectivity index (χ4v) is 3.91. The van der Waals surface area contributed by atoms with Crippen molar-refractivity contribution in [3.05, 3.63) is 96.1 Å². The number of phenols is 1. The summed E-state index contributed by atoms with van der Waals surface area (Å²) in [5.41, 5.74) is 13.5. The second-order valence-corrected chi connectivity index (χ2v) is 6.99. The summed E-state index contributed by atoms with van der Waals surface area (Å²) < 4.78 is 6.13. The van der Waals surface area contributed by atoms with E-state index in [2.05, 4.69) is 48.5 Å². The van der Waals surface area contributed by atoms with E-state index in [1.807, 2.05) is 18.2 Å². The molecule has 1 aliphatic carbocycles. The Morgan fingerprint density at radius 3 is 2.29 bits per heavy atom. The third-order valence-electron chi connectivity index (χ3n) is 5.23. The highest BCUT2D eigenvalue weighted by atomic mass is 16.5. The highest BCUT2D eigenvalue weighted by Gasteiger charge is 2.22. The van der Waals surface area contributed by atoms with Gasteiger partial charge in [-0.15, -0.1) is 0 Å². The Labute approximate surface area is 163 Å². The normalized spacial score (nSPS) is 11.7. The predicted molar refractivity (Wildman–Crippen MR) is 113 cm³/mol. The van der Waals surface area contributed by atoms with Crippen LogP contribution in [0, 0.1) is 0 Å². The molecule has 0 radical (unpaired) electrons. The first kappa shape index (κ1) is 16.5. The van der Waals surface area contributed by atoms with E-state index in [1.165, 1.54) is 28.3 Å². The molecule has 0 fully saturated rings. The van der Waals surface area contributed by atoms with Gasteiger partial charge in [-0.05, 0) is 52.4 Å². The molecule has 3 nitrogen and oxygen atoms in total. The summed E-state index contributed by atoms with van der Waals surface area (Å²) in [4.78, 5) is 0. The van der Waals surface area contributed by atoms with Crippen LogP contribution < -0.4 is 10.5 Å². The van der Waals surface area contributed by atoms with Crippen LogP contribution in [0.1, 0.15) is 11.1 Å². The van der Waals surface area contributed by atoms with E-state index in [0.717, 1.165) is 23.3 Å². The van der Waals surface area contributed by atoms with E-state index >= 15 is 0 Å². The molecular weight excluding hydrogens is 346 g/mol. The Morgan fingerprint density at radius 1 is 0.714 bits per heavy atom. The highest BCUT2D eigenvalue weighted by molar-refractivity contribution is 5.92. The number of nitrogen functional groups attached to an aromatic ring is 1. The Bertz CT molecular complexity index is 1200. The Balaban J connectivity index is 1.63. The van der Waals surface area contributed by atoms with E-state index in [4.69, 9.17) is 10.5 Å². The zero-order valence-electron chi connectivity index (χ0n) is 15.2. The average Bonchev–Trinajstić information content (AvgIpc) is 3.10. The van der Waals surface area contributed by atoms with Crippen molar-refractivity contribution < 1.29 is 9.84 Å². The molecule has 28 heavy (non-hydrogen) atoms. The maximum absolute atomic E-state index is 9.90. The Kier molecular flexibility index (Phi) is 3.80. The van der Waals surface area contributed by atoms with Crippen molar-refractivity contribution in [1.82, 2.24) is 0 Å². The molecule has 0 atom stereocenters. The van der Waals surface area contributed by atoms with Crippen molar-refractivity contribution in [2.75, 3.05) is 5.73 Å². The first-order valence-electron chi connectivity index (χ1n) is 9.26. The molecule has 3 heteroatoms. The number of anilines is 1. The van der Waals surface area contributed by atoms with Crippen molar-refractivity contribution in [1.29, 1.82) is 0 Å². The number of ether oxygens (including phenoxy) is 1. The number of benzene rings is 4. The monoisotopic (exact) mass is 365 g/mol. The fourth-order valence-electron chi connectivity index (χ4n) is 3.91. The van der Waals surface area contributed by atoms with Crippen LogP contribution in [0.4, 0.5) is 5.69 Å². The third-order valence-corrected chi connectivity index (χ3v) is 5.23. The summed E-state index contributed by atoms with van der Waals surface area (Å²) in [5.74, 6) is 1.31. The lowest BCUT2D eigenvalue weighted by molar-refractivity contribution is 0.458. The van der Waals surface area contributed by atoms with Crippen molar-refractivity contribution in [3.63, 3.8) is 0 Å². The van der Waals surface area contributed by atoms with Gasteiger partial charge in [0, 0.05) is 11.6 Å². The van der Waals surface area contributed by atoms with E-state index in [1.54, 1.807) is 12.1 Å². The molecule has 5 rings (SSSR count). The van der Waals surface area contributed by atoms with Gasteiger partial charge in [-0.25, -0.2) is 0 Å². The molecule has 0 bridgehead atoms. The molecule has 0 aromatic heterocycles. The van der Waals surface area contributed by atoms with Gasteiger partial charge in [-0.3, -0.25) is 0 Å². The van der Waals surface area contributed by atoms with Gasteiger partial charge in [-0.2, -0.15) is 0 Å². The number of hydrogen-bond acceptors (Lipinski definition) is 3. The third kappa shape index (κ3) is 2.69. The van der Waals surface area contributed by atoms with Gasteiger partial charge in [0.05, 0.1) is 5.69 Å². The average molecular weight is 365 g/mol. The SMILES string of the molecule is Nc1ccc(Oc2ccccc2-c2cccc3c2-c2ccccc2C3)cc1O. The summed E-state index contributed by atoms with van der Waals surface area (Å²) in [7, 11) is 0.